The maximum Gasteiger partial charge on any atom is 0.335 e. The summed E-state index contributed by atoms with van der Waals surface area (Å²) in [6.07, 6.45) is 2.68. The number of benzene rings is 2. The van der Waals surface area contributed by atoms with Gasteiger partial charge in [0.15, 0.2) is 0 Å². The lowest BCUT2D eigenvalue weighted by molar-refractivity contribution is -0.117. The van der Waals surface area contributed by atoms with Crippen LogP contribution in [0.4, 0.5) is 11.4 Å². The second-order valence-electron chi connectivity index (χ2n) is 6.39. The van der Waals surface area contributed by atoms with E-state index in [1.165, 1.54) is 12.1 Å². The molecule has 134 valence electrons. The number of carbonyl (C=O) groups excluding carboxylic acids is 2. The Balaban J connectivity index is 1.51. The molecule has 1 aliphatic rings. The minimum atomic E-state index is -0.969. The molecule has 6 nitrogen and oxygen atoms in total. The van der Waals surface area contributed by atoms with Crippen LogP contribution >= 0.6 is 0 Å². The van der Waals surface area contributed by atoms with Crippen LogP contribution in [0.5, 0.6) is 0 Å². The summed E-state index contributed by atoms with van der Waals surface area (Å²) in [4.78, 5) is 34.7. The van der Waals surface area contributed by atoms with Gasteiger partial charge in [-0.25, -0.2) is 4.79 Å². The molecule has 2 aromatic rings. The van der Waals surface area contributed by atoms with E-state index in [1.807, 2.05) is 0 Å². The van der Waals surface area contributed by atoms with Gasteiger partial charge in [0, 0.05) is 23.7 Å². The maximum atomic E-state index is 12.1. The first-order valence-electron chi connectivity index (χ1n) is 8.54. The molecule has 0 spiro atoms. The fourth-order valence-corrected chi connectivity index (χ4v) is 2.56. The first-order chi connectivity index (χ1) is 12.5. The van der Waals surface area contributed by atoms with E-state index >= 15 is 0 Å². The van der Waals surface area contributed by atoms with Gasteiger partial charge in [0.1, 0.15) is 0 Å². The van der Waals surface area contributed by atoms with E-state index < -0.39 is 5.97 Å². The van der Waals surface area contributed by atoms with Crippen molar-refractivity contribution in [1.29, 1.82) is 0 Å². The lowest BCUT2D eigenvalue weighted by Gasteiger charge is -2.09. The van der Waals surface area contributed by atoms with Crippen LogP contribution in [0.15, 0.2) is 48.5 Å². The highest BCUT2D eigenvalue weighted by atomic mass is 16.4. The number of carboxylic acids is 1. The normalized spacial score (nSPS) is 13.1. The summed E-state index contributed by atoms with van der Waals surface area (Å²) in [5, 5.41) is 14.5. The first-order valence-corrected chi connectivity index (χ1v) is 8.54. The Kier molecular flexibility index (Phi) is 5.31. The molecule has 0 aliphatic heterocycles. The van der Waals surface area contributed by atoms with E-state index in [1.54, 1.807) is 36.4 Å². The van der Waals surface area contributed by atoms with E-state index in [2.05, 4.69) is 10.6 Å². The summed E-state index contributed by atoms with van der Waals surface area (Å²) < 4.78 is 0. The van der Waals surface area contributed by atoms with E-state index in [4.69, 9.17) is 5.11 Å². The molecule has 2 amide bonds. The predicted octanol–water partition coefficient (Wildman–Crippen LogP) is 3.30. The molecule has 0 radical (unpaired) electrons. The Morgan fingerprint density at radius 1 is 0.962 bits per heavy atom. The molecule has 6 heteroatoms. The van der Waals surface area contributed by atoms with Crippen molar-refractivity contribution < 1.29 is 19.5 Å². The third-order valence-electron chi connectivity index (χ3n) is 4.20. The van der Waals surface area contributed by atoms with Gasteiger partial charge in [-0.05, 0) is 55.2 Å². The Hall–Kier alpha value is -3.15. The lowest BCUT2D eigenvalue weighted by atomic mass is 10.1. The zero-order valence-corrected chi connectivity index (χ0v) is 14.2. The molecule has 0 heterocycles. The highest BCUT2D eigenvalue weighted by Gasteiger charge is 2.29. The molecule has 1 fully saturated rings. The predicted molar refractivity (Wildman–Crippen MR) is 98.1 cm³/mol. The lowest BCUT2D eigenvalue weighted by Crippen LogP contribution is -2.15. The highest BCUT2D eigenvalue weighted by Crippen LogP contribution is 2.30. The monoisotopic (exact) mass is 352 g/mol. The smallest absolute Gasteiger partial charge is 0.335 e. The number of hydrogen-bond donors (Lipinski definition) is 3. The minimum Gasteiger partial charge on any atom is -0.478 e. The molecule has 1 aliphatic carbocycles. The molecular weight excluding hydrogens is 332 g/mol. The third-order valence-corrected chi connectivity index (χ3v) is 4.20. The van der Waals surface area contributed by atoms with Crippen LogP contribution in [0.3, 0.4) is 0 Å². The highest BCUT2D eigenvalue weighted by molar-refractivity contribution is 5.96. The Morgan fingerprint density at radius 3 is 2.23 bits per heavy atom. The van der Waals surface area contributed by atoms with Gasteiger partial charge in [0.2, 0.25) is 11.8 Å². The molecule has 0 atom stereocenters. The van der Waals surface area contributed by atoms with Crippen LogP contribution in [-0.4, -0.2) is 22.9 Å². The van der Waals surface area contributed by atoms with Gasteiger partial charge >= 0.3 is 5.97 Å². The number of hydrogen-bond acceptors (Lipinski definition) is 3. The number of carboxylic acid groups (broad SMARTS) is 1. The van der Waals surface area contributed by atoms with Crippen LogP contribution in [0, 0.1) is 5.92 Å². The van der Waals surface area contributed by atoms with Crippen LogP contribution in [-0.2, 0) is 16.0 Å². The molecule has 3 N–H and O–H groups in total. The van der Waals surface area contributed by atoms with Crippen molar-refractivity contribution in [3.05, 3.63) is 59.7 Å². The number of aryl methyl sites for hydroxylation is 1. The fraction of sp³-hybridized carbons (Fsp3) is 0.250. The zero-order chi connectivity index (χ0) is 18.5. The number of carbonyl (C=O) groups is 3. The summed E-state index contributed by atoms with van der Waals surface area (Å²) in [6, 6.07) is 13.6. The Bertz CT molecular complexity index is 826. The van der Waals surface area contributed by atoms with E-state index in [0.29, 0.717) is 17.8 Å². The third kappa shape index (κ3) is 4.92. The van der Waals surface area contributed by atoms with Crippen molar-refractivity contribution >= 4 is 29.2 Å². The molecule has 3 rings (SSSR count). The van der Waals surface area contributed by atoms with Gasteiger partial charge in [-0.3, -0.25) is 9.59 Å². The summed E-state index contributed by atoms with van der Waals surface area (Å²) >= 11 is 0. The molecule has 2 aromatic carbocycles. The number of amides is 2. The van der Waals surface area contributed by atoms with E-state index in [0.717, 1.165) is 18.4 Å². The molecule has 0 saturated heterocycles. The fourth-order valence-electron chi connectivity index (χ4n) is 2.56. The quantitative estimate of drug-likeness (QED) is 0.712. The maximum absolute atomic E-state index is 12.1. The van der Waals surface area contributed by atoms with Crippen molar-refractivity contribution in [3.8, 4) is 0 Å². The summed E-state index contributed by atoms with van der Waals surface area (Å²) in [7, 11) is 0. The second kappa shape index (κ2) is 7.82. The second-order valence-corrected chi connectivity index (χ2v) is 6.39. The zero-order valence-electron chi connectivity index (χ0n) is 14.2. The number of rotatable bonds is 7. The SMILES string of the molecule is O=C(CCc1ccc(C(=O)O)cc1)Nc1cccc(NC(=O)C2CC2)c1. The Labute approximate surface area is 151 Å². The van der Waals surface area contributed by atoms with Gasteiger partial charge in [0.05, 0.1) is 5.56 Å². The summed E-state index contributed by atoms with van der Waals surface area (Å²) in [5.74, 6) is -0.958. The Morgan fingerprint density at radius 2 is 1.62 bits per heavy atom. The molecule has 0 aromatic heterocycles. The summed E-state index contributed by atoms with van der Waals surface area (Å²) in [5.41, 5.74) is 2.42. The topological polar surface area (TPSA) is 95.5 Å². The largest absolute Gasteiger partial charge is 0.478 e. The van der Waals surface area contributed by atoms with Crippen molar-refractivity contribution in [1.82, 2.24) is 0 Å². The van der Waals surface area contributed by atoms with Crippen LogP contribution in [0.2, 0.25) is 0 Å². The average molecular weight is 352 g/mol. The molecule has 1 saturated carbocycles. The number of aromatic carboxylic acids is 1. The van der Waals surface area contributed by atoms with E-state index in [9.17, 15) is 14.4 Å². The molecular formula is C20H20N2O4. The average Bonchev–Trinajstić information content (AvgIpc) is 3.46. The van der Waals surface area contributed by atoms with Crippen LogP contribution in [0.1, 0.15) is 35.2 Å². The van der Waals surface area contributed by atoms with E-state index in [-0.39, 0.29) is 29.7 Å². The van der Waals surface area contributed by atoms with Gasteiger partial charge < -0.3 is 15.7 Å². The van der Waals surface area contributed by atoms with Crippen LogP contribution < -0.4 is 10.6 Å². The summed E-state index contributed by atoms with van der Waals surface area (Å²) in [6.45, 7) is 0. The minimum absolute atomic E-state index is 0.0262. The molecule has 0 bridgehead atoms. The van der Waals surface area contributed by atoms with Gasteiger partial charge in [0.25, 0.3) is 0 Å². The van der Waals surface area contributed by atoms with Crippen LogP contribution in [0.25, 0.3) is 0 Å². The molecule has 0 unspecified atom stereocenters. The standard InChI is InChI=1S/C20H20N2O4/c23-18(11-6-13-4-7-15(8-5-13)20(25)26)21-16-2-1-3-17(12-16)22-19(24)14-9-10-14/h1-5,7-8,12,14H,6,9-11H2,(H,21,23)(H,22,24)(H,25,26). The number of nitrogens with one attached hydrogen (secondary N) is 2. The van der Waals surface area contributed by atoms with Gasteiger partial charge in [-0.1, -0.05) is 18.2 Å². The van der Waals surface area contributed by atoms with Gasteiger partial charge in [-0.15, -0.1) is 0 Å². The van der Waals surface area contributed by atoms with Crippen molar-refractivity contribution in [3.63, 3.8) is 0 Å². The van der Waals surface area contributed by atoms with Crippen molar-refractivity contribution in [2.45, 2.75) is 25.7 Å². The van der Waals surface area contributed by atoms with Crippen molar-refractivity contribution in [2.75, 3.05) is 10.6 Å². The number of anilines is 2. The van der Waals surface area contributed by atoms with Crippen molar-refractivity contribution in [2.24, 2.45) is 5.92 Å². The van der Waals surface area contributed by atoms with Gasteiger partial charge in [-0.2, -0.15) is 0 Å². The molecule has 26 heavy (non-hydrogen) atoms. The first kappa shape index (κ1) is 17.7.